The molecule has 0 spiro atoms. The SMILES string of the molecule is Cc1cccc2c(C(N)C(=O)O)ncn12. The smallest absolute Gasteiger partial charge is 0.326 e. The first-order valence-corrected chi connectivity index (χ1v) is 4.52. The first-order chi connectivity index (χ1) is 7.11. The van der Waals surface area contributed by atoms with Gasteiger partial charge in [-0.05, 0) is 19.1 Å². The van der Waals surface area contributed by atoms with Crippen LogP contribution in [0.5, 0.6) is 0 Å². The molecule has 78 valence electrons. The molecule has 1 unspecified atom stereocenters. The van der Waals surface area contributed by atoms with Gasteiger partial charge in [0.1, 0.15) is 6.04 Å². The maximum absolute atomic E-state index is 10.8. The summed E-state index contributed by atoms with van der Waals surface area (Å²) in [6.45, 7) is 1.92. The van der Waals surface area contributed by atoms with E-state index in [2.05, 4.69) is 4.98 Å². The van der Waals surface area contributed by atoms with Crippen molar-refractivity contribution >= 4 is 11.5 Å². The van der Waals surface area contributed by atoms with E-state index in [0.29, 0.717) is 5.69 Å². The fourth-order valence-electron chi connectivity index (χ4n) is 1.53. The molecule has 0 aliphatic rings. The molecule has 3 N–H and O–H groups in total. The number of aromatic nitrogens is 2. The van der Waals surface area contributed by atoms with E-state index in [1.165, 1.54) is 0 Å². The second-order valence-corrected chi connectivity index (χ2v) is 3.37. The van der Waals surface area contributed by atoms with Gasteiger partial charge in [0.05, 0.1) is 17.5 Å². The Labute approximate surface area is 86.2 Å². The molecule has 0 radical (unpaired) electrons. The average molecular weight is 205 g/mol. The number of rotatable bonds is 2. The summed E-state index contributed by atoms with van der Waals surface area (Å²) in [6.07, 6.45) is 1.59. The minimum Gasteiger partial charge on any atom is -0.480 e. The summed E-state index contributed by atoms with van der Waals surface area (Å²) in [5.41, 5.74) is 7.65. The Morgan fingerprint density at radius 2 is 2.33 bits per heavy atom. The zero-order valence-electron chi connectivity index (χ0n) is 8.21. The van der Waals surface area contributed by atoms with Gasteiger partial charge < -0.3 is 15.2 Å². The Morgan fingerprint density at radius 3 is 3.00 bits per heavy atom. The lowest BCUT2D eigenvalue weighted by atomic mass is 10.2. The van der Waals surface area contributed by atoms with Crippen molar-refractivity contribution in [2.24, 2.45) is 5.73 Å². The van der Waals surface area contributed by atoms with Crippen molar-refractivity contribution in [2.75, 3.05) is 0 Å². The van der Waals surface area contributed by atoms with Crippen LogP contribution in [-0.4, -0.2) is 20.5 Å². The summed E-state index contributed by atoms with van der Waals surface area (Å²) >= 11 is 0. The predicted octanol–water partition coefficient (Wildman–Crippen LogP) is 0.727. The third kappa shape index (κ3) is 1.46. The maximum Gasteiger partial charge on any atom is 0.326 e. The van der Waals surface area contributed by atoms with Crippen LogP contribution in [0.15, 0.2) is 24.5 Å². The van der Waals surface area contributed by atoms with E-state index in [-0.39, 0.29) is 0 Å². The Morgan fingerprint density at radius 1 is 1.60 bits per heavy atom. The number of hydrogen-bond acceptors (Lipinski definition) is 3. The van der Waals surface area contributed by atoms with Crippen molar-refractivity contribution < 1.29 is 9.90 Å². The summed E-state index contributed by atoms with van der Waals surface area (Å²) in [5, 5.41) is 8.81. The van der Waals surface area contributed by atoms with Crippen LogP contribution in [0.4, 0.5) is 0 Å². The molecule has 2 rings (SSSR count). The lowest BCUT2D eigenvalue weighted by Crippen LogP contribution is -2.21. The van der Waals surface area contributed by atoms with Crippen LogP contribution in [0.25, 0.3) is 5.52 Å². The molecular weight excluding hydrogens is 194 g/mol. The van der Waals surface area contributed by atoms with Crippen LogP contribution >= 0.6 is 0 Å². The van der Waals surface area contributed by atoms with Crippen LogP contribution in [0.2, 0.25) is 0 Å². The Balaban J connectivity index is 2.64. The van der Waals surface area contributed by atoms with Gasteiger partial charge in [-0.15, -0.1) is 0 Å². The Hall–Kier alpha value is -1.88. The highest BCUT2D eigenvalue weighted by atomic mass is 16.4. The van der Waals surface area contributed by atoms with Gasteiger partial charge in [0, 0.05) is 5.69 Å². The van der Waals surface area contributed by atoms with Gasteiger partial charge in [-0.1, -0.05) is 6.07 Å². The standard InChI is InChI=1S/C10H11N3O2/c1-6-3-2-4-7-9(8(11)10(14)15)12-5-13(6)7/h2-5,8H,11H2,1H3,(H,14,15). The number of nitrogens with two attached hydrogens (primary N) is 1. The Bertz CT molecular complexity index is 518. The minimum atomic E-state index is -1.07. The Kier molecular flexibility index (Phi) is 2.17. The highest BCUT2D eigenvalue weighted by molar-refractivity contribution is 5.78. The fraction of sp³-hybridized carbons (Fsp3) is 0.200. The third-order valence-corrected chi connectivity index (χ3v) is 2.37. The fourth-order valence-corrected chi connectivity index (χ4v) is 1.53. The number of carboxylic acids is 1. The molecule has 0 saturated carbocycles. The van der Waals surface area contributed by atoms with Crippen molar-refractivity contribution in [2.45, 2.75) is 13.0 Å². The molecular formula is C10H11N3O2. The highest BCUT2D eigenvalue weighted by Gasteiger charge is 2.19. The van der Waals surface area contributed by atoms with Crippen LogP contribution in [-0.2, 0) is 4.79 Å². The lowest BCUT2D eigenvalue weighted by Gasteiger charge is -2.04. The molecule has 0 saturated heterocycles. The predicted molar refractivity (Wildman–Crippen MR) is 54.5 cm³/mol. The second-order valence-electron chi connectivity index (χ2n) is 3.37. The number of imidazole rings is 1. The number of carboxylic acid groups (broad SMARTS) is 1. The summed E-state index contributed by atoms with van der Waals surface area (Å²) in [4.78, 5) is 14.8. The average Bonchev–Trinajstić information content (AvgIpc) is 2.61. The van der Waals surface area contributed by atoms with Gasteiger partial charge in [0.15, 0.2) is 0 Å². The zero-order chi connectivity index (χ0) is 11.0. The topological polar surface area (TPSA) is 80.6 Å². The van der Waals surface area contributed by atoms with E-state index in [1.54, 1.807) is 12.4 Å². The normalized spacial score (nSPS) is 12.9. The van der Waals surface area contributed by atoms with Crippen molar-refractivity contribution in [3.8, 4) is 0 Å². The molecule has 5 nitrogen and oxygen atoms in total. The summed E-state index contributed by atoms with van der Waals surface area (Å²) in [6, 6.07) is 4.50. The lowest BCUT2D eigenvalue weighted by molar-refractivity contribution is -0.138. The summed E-state index contributed by atoms with van der Waals surface area (Å²) in [7, 11) is 0. The first-order valence-electron chi connectivity index (χ1n) is 4.52. The van der Waals surface area contributed by atoms with Gasteiger partial charge in [0.2, 0.25) is 0 Å². The largest absolute Gasteiger partial charge is 0.480 e. The van der Waals surface area contributed by atoms with Crippen LogP contribution in [0.1, 0.15) is 17.4 Å². The molecule has 5 heteroatoms. The highest BCUT2D eigenvalue weighted by Crippen LogP contribution is 2.17. The number of aliphatic carboxylic acids is 1. The minimum absolute atomic E-state index is 0.395. The van der Waals surface area contributed by atoms with Crippen molar-refractivity contribution in [3.63, 3.8) is 0 Å². The van der Waals surface area contributed by atoms with Crippen molar-refractivity contribution in [1.29, 1.82) is 0 Å². The van der Waals surface area contributed by atoms with Gasteiger partial charge in [-0.3, -0.25) is 4.79 Å². The number of pyridine rings is 1. The monoisotopic (exact) mass is 205 g/mol. The number of carbonyl (C=O) groups is 1. The molecule has 2 aromatic rings. The molecule has 0 fully saturated rings. The number of fused-ring (bicyclic) bond motifs is 1. The molecule has 0 bridgehead atoms. The molecule has 0 amide bonds. The molecule has 1 atom stereocenters. The quantitative estimate of drug-likeness (QED) is 0.757. The van der Waals surface area contributed by atoms with E-state index in [0.717, 1.165) is 11.2 Å². The van der Waals surface area contributed by atoms with Crippen molar-refractivity contribution in [3.05, 3.63) is 35.9 Å². The summed E-state index contributed by atoms with van der Waals surface area (Å²) in [5.74, 6) is -1.07. The van der Waals surface area contributed by atoms with E-state index >= 15 is 0 Å². The molecule has 2 heterocycles. The van der Waals surface area contributed by atoms with Crippen LogP contribution in [0, 0.1) is 6.92 Å². The molecule has 0 aromatic carbocycles. The molecule has 0 aliphatic heterocycles. The van der Waals surface area contributed by atoms with Crippen molar-refractivity contribution in [1.82, 2.24) is 9.38 Å². The third-order valence-electron chi connectivity index (χ3n) is 2.37. The van der Waals surface area contributed by atoms with Gasteiger partial charge >= 0.3 is 5.97 Å². The van der Waals surface area contributed by atoms with Gasteiger partial charge in [-0.25, -0.2) is 4.98 Å². The van der Waals surface area contributed by atoms with E-state index in [4.69, 9.17) is 10.8 Å². The molecule has 0 aliphatic carbocycles. The number of hydrogen-bond donors (Lipinski definition) is 2. The number of aryl methyl sites for hydroxylation is 1. The van der Waals surface area contributed by atoms with Crippen LogP contribution < -0.4 is 5.73 Å². The van der Waals surface area contributed by atoms with E-state index in [1.807, 2.05) is 23.5 Å². The zero-order valence-corrected chi connectivity index (χ0v) is 8.21. The number of nitrogens with zero attached hydrogens (tertiary/aromatic N) is 2. The van der Waals surface area contributed by atoms with E-state index in [9.17, 15) is 4.79 Å². The first kappa shape index (κ1) is 9.67. The maximum atomic E-state index is 10.8. The molecule has 15 heavy (non-hydrogen) atoms. The van der Waals surface area contributed by atoms with Gasteiger partial charge in [-0.2, -0.15) is 0 Å². The molecule has 2 aromatic heterocycles. The summed E-state index contributed by atoms with van der Waals surface area (Å²) < 4.78 is 1.82. The van der Waals surface area contributed by atoms with Crippen LogP contribution in [0.3, 0.4) is 0 Å². The van der Waals surface area contributed by atoms with E-state index < -0.39 is 12.0 Å². The van der Waals surface area contributed by atoms with Gasteiger partial charge in [0.25, 0.3) is 0 Å². The second kappa shape index (κ2) is 3.36.